The van der Waals surface area contributed by atoms with E-state index in [9.17, 15) is 4.79 Å². The molecular weight excluding hydrogens is 1070 g/mol. The molecule has 10 aromatic rings. The number of oxime groups is 1. The minimum Gasteiger partial charge on any atom is -0.489 e. The maximum Gasteiger partial charge on any atom is 0.356 e. The van der Waals surface area contributed by atoms with Gasteiger partial charge in [-0.15, -0.1) is 23.1 Å². The van der Waals surface area contributed by atoms with Crippen LogP contribution in [0.3, 0.4) is 0 Å². The largest absolute Gasteiger partial charge is 0.489 e. The molecule has 408 valence electrons. The van der Waals surface area contributed by atoms with E-state index in [1.165, 1.54) is 28.0 Å². The van der Waals surface area contributed by atoms with E-state index in [1.54, 1.807) is 5.38 Å². The van der Waals surface area contributed by atoms with Crippen LogP contribution in [0.5, 0.6) is 5.75 Å². The van der Waals surface area contributed by atoms with Gasteiger partial charge in [-0.2, -0.15) is 0 Å². The van der Waals surface area contributed by atoms with Crippen molar-refractivity contribution >= 4 is 51.7 Å². The molecule has 0 aliphatic carbocycles. The Morgan fingerprint density at radius 1 is 0.578 bits per heavy atom. The van der Waals surface area contributed by atoms with Crippen molar-refractivity contribution in [3.05, 3.63) is 340 Å². The average molecular weight is 1130 g/mol. The number of nitrogens with one attached hydrogen (secondary N) is 2. The molecule has 9 aromatic carbocycles. The summed E-state index contributed by atoms with van der Waals surface area (Å²) in [5.41, 5.74) is 4.97. The number of anilines is 1. The number of benzene rings is 9. The van der Waals surface area contributed by atoms with Crippen molar-refractivity contribution < 1.29 is 28.7 Å². The lowest BCUT2D eigenvalue weighted by Gasteiger charge is -2.49. The molecule has 0 radical (unpaired) electrons. The minimum atomic E-state index is -1.38. The highest BCUT2D eigenvalue weighted by Gasteiger charge is 2.55. The lowest BCUT2D eigenvalue weighted by atomic mass is 9.77. The zero-order valence-electron chi connectivity index (χ0n) is 44.8. The number of nitrogens with zero attached hydrogens (tertiary/aromatic N) is 3. The number of carbonyl (C=O) groups excluding carboxylic acids is 3. The maximum atomic E-state index is 15.6. The Labute approximate surface area is 490 Å². The summed E-state index contributed by atoms with van der Waals surface area (Å²) in [5.74, 6) is -1.04. The molecule has 0 spiro atoms. The van der Waals surface area contributed by atoms with Crippen LogP contribution in [0, 0.1) is 0 Å². The fourth-order valence-electron chi connectivity index (χ4n) is 10.8. The number of thiazole rings is 1. The molecule has 2 aliphatic rings. The number of hydrogen-bond acceptors (Lipinski definition) is 11. The summed E-state index contributed by atoms with van der Waals surface area (Å²) >= 11 is 2.72. The smallest absolute Gasteiger partial charge is 0.356 e. The normalized spacial score (nSPS) is 15.2. The summed E-state index contributed by atoms with van der Waals surface area (Å²) in [4.78, 5) is 59.2. The molecule has 0 saturated carbocycles. The van der Waals surface area contributed by atoms with E-state index in [1.807, 2.05) is 237 Å². The molecule has 12 rings (SSSR count). The second kappa shape index (κ2) is 24.5. The van der Waals surface area contributed by atoms with Crippen molar-refractivity contribution in [2.24, 2.45) is 5.16 Å². The van der Waals surface area contributed by atoms with Gasteiger partial charge in [0.15, 0.2) is 16.9 Å². The van der Waals surface area contributed by atoms with Gasteiger partial charge in [-0.3, -0.25) is 14.5 Å². The van der Waals surface area contributed by atoms with Gasteiger partial charge in [0.05, 0.1) is 0 Å². The molecule has 13 heteroatoms. The number of fused-ring (bicyclic) bond motifs is 1. The Morgan fingerprint density at radius 2 is 1.00 bits per heavy atom. The third-order valence-electron chi connectivity index (χ3n) is 14.8. The summed E-state index contributed by atoms with van der Waals surface area (Å²) in [6, 6.07) is 86.9. The van der Waals surface area contributed by atoms with Crippen LogP contribution in [0.2, 0.25) is 0 Å². The summed E-state index contributed by atoms with van der Waals surface area (Å²) in [5, 5.41) is 13.3. The van der Waals surface area contributed by atoms with Crippen molar-refractivity contribution in [1.82, 2.24) is 15.2 Å². The van der Waals surface area contributed by atoms with Crippen molar-refractivity contribution in [1.29, 1.82) is 0 Å². The molecule has 83 heavy (non-hydrogen) atoms. The highest BCUT2D eigenvalue weighted by molar-refractivity contribution is 8.00. The van der Waals surface area contributed by atoms with Crippen molar-refractivity contribution in [2.75, 3.05) is 17.7 Å². The molecule has 0 bridgehead atoms. The summed E-state index contributed by atoms with van der Waals surface area (Å²) in [6.07, 6.45) is -0.794. The number of carbonyl (C=O) groups is 3. The maximum absolute atomic E-state index is 15.6. The molecule has 2 amide bonds. The highest BCUT2D eigenvalue weighted by Crippen LogP contribution is 2.45. The Hall–Kier alpha value is -9.82. The van der Waals surface area contributed by atoms with Crippen LogP contribution in [0.4, 0.5) is 5.13 Å². The van der Waals surface area contributed by atoms with E-state index < -0.39 is 46.4 Å². The lowest BCUT2D eigenvalue weighted by Crippen LogP contribution is -2.71. The quantitative estimate of drug-likeness (QED) is 0.0252. The fraction of sp³-hybridized carbons (Fsp3) is 0.100. The van der Waals surface area contributed by atoms with Gasteiger partial charge in [0.2, 0.25) is 5.60 Å². The molecular formula is C70H55N5O6S2. The third-order valence-corrected chi connectivity index (χ3v) is 16.9. The van der Waals surface area contributed by atoms with Crippen molar-refractivity contribution in [2.45, 2.75) is 28.7 Å². The fourth-order valence-corrected chi connectivity index (χ4v) is 12.9. The summed E-state index contributed by atoms with van der Waals surface area (Å²) in [6.45, 7) is 0.0107. The number of para-hydroxylation sites is 1. The first kappa shape index (κ1) is 53.8. The zero-order chi connectivity index (χ0) is 56.4. The second-order valence-electron chi connectivity index (χ2n) is 19.8. The molecule has 3 heterocycles. The highest BCUT2D eigenvalue weighted by atomic mass is 32.2. The molecule has 2 atom stereocenters. The SMILES string of the molecule is O=C(OC(c1ccccc1)c1ccccc1)C1=C(COc2ccccc2)CS[C@@H]2C(NC(=O)/C(=N/OC(c3ccccc3)(c3ccccc3)c3ccccc3)c3csc(NC(c4ccccc4)(c4ccccc4)c4ccccc4)n3)C(=O)N12. The van der Waals surface area contributed by atoms with Gasteiger partial charge in [-0.25, -0.2) is 9.78 Å². The summed E-state index contributed by atoms with van der Waals surface area (Å²) < 4.78 is 12.7. The van der Waals surface area contributed by atoms with E-state index in [4.69, 9.17) is 24.5 Å². The number of rotatable bonds is 20. The standard InChI is InChI=1S/C70H55N5O6S2/c76-64(72-61-65(77)75-62(51(47-82-66(61)75)46-79-58-44-26-9-27-45-58)67(78)80-63(49-28-10-1-11-29-49)50-30-12-2-13-31-50)60(74-81-70(55-38-20-6-21-39-55,56-40-22-7-23-41-56)57-42-24-8-25-43-57)59-48-83-68(71-59)73-69(52-32-14-3-15-33-52,53-34-16-4-17-35-53)54-36-18-5-19-37-54/h1-45,48,61,63,66H,46-47H2,(H,71,73)(H,72,76)/b74-60+/t61?,66-/m1/s1. The van der Waals surface area contributed by atoms with Gasteiger partial charge >= 0.3 is 5.97 Å². The van der Waals surface area contributed by atoms with Gasteiger partial charge in [-0.1, -0.05) is 266 Å². The van der Waals surface area contributed by atoms with Crippen LogP contribution in [0.15, 0.2) is 295 Å². The first-order valence-corrected chi connectivity index (χ1v) is 29.1. The van der Waals surface area contributed by atoms with Gasteiger partial charge in [0.25, 0.3) is 11.8 Å². The van der Waals surface area contributed by atoms with E-state index >= 15 is 9.59 Å². The van der Waals surface area contributed by atoms with Crippen LogP contribution >= 0.6 is 23.1 Å². The molecule has 1 unspecified atom stereocenters. The Kier molecular flexibility index (Phi) is 15.9. The van der Waals surface area contributed by atoms with Crippen LogP contribution in [-0.2, 0) is 35.1 Å². The molecule has 1 fully saturated rings. The number of thioether (sulfide) groups is 1. The first-order valence-electron chi connectivity index (χ1n) is 27.2. The van der Waals surface area contributed by atoms with Crippen molar-refractivity contribution in [3.8, 4) is 5.75 Å². The topological polar surface area (TPSA) is 131 Å². The predicted molar refractivity (Wildman–Crippen MR) is 327 cm³/mol. The predicted octanol–water partition coefficient (Wildman–Crippen LogP) is 13.3. The number of β-lactam (4-membered cyclic amide) rings is 1. The number of amides is 2. The van der Waals surface area contributed by atoms with Crippen molar-refractivity contribution in [3.63, 3.8) is 0 Å². The zero-order valence-corrected chi connectivity index (χ0v) is 46.4. The molecule has 1 saturated heterocycles. The van der Waals surface area contributed by atoms with Gasteiger partial charge in [-0.05, 0) is 39.9 Å². The second-order valence-corrected chi connectivity index (χ2v) is 21.8. The molecule has 1 aromatic heterocycles. The Bertz CT molecular complexity index is 3650. The number of esters is 1. The number of ether oxygens (including phenoxy) is 2. The van der Waals surface area contributed by atoms with E-state index in [0.717, 1.165) is 44.5 Å². The number of hydrogen-bond donors (Lipinski definition) is 2. The Balaban J connectivity index is 0.933. The Morgan fingerprint density at radius 3 is 1.46 bits per heavy atom. The number of aromatic nitrogens is 1. The molecule has 2 N–H and O–H groups in total. The van der Waals surface area contributed by atoms with Crippen LogP contribution in [0.25, 0.3) is 0 Å². The van der Waals surface area contributed by atoms with E-state index in [0.29, 0.717) is 22.2 Å². The van der Waals surface area contributed by atoms with Crippen LogP contribution in [0.1, 0.15) is 56.3 Å². The summed E-state index contributed by atoms with van der Waals surface area (Å²) in [7, 11) is 0. The third kappa shape index (κ3) is 11.0. The monoisotopic (exact) mass is 1130 g/mol. The first-order chi connectivity index (χ1) is 40.9. The lowest BCUT2D eigenvalue weighted by molar-refractivity contribution is -0.154. The van der Waals surface area contributed by atoms with Crippen LogP contribution in [-0.4, -0.2) is 57.2 Å². The van der Waals surface area contributed by atoms with Gasteiger partial charge in [0.1, 0.15) is 40.7 Å². The van der Waals surface area contributed by atoms with E-state index in [-0.39, 0.29) is 23.7 Å². The average Bonchev–Trinajstić information content (AvgIpc) is 2.35. The van der Waals surface area contributed by atoms with Crippen LogP contribution < -0.4 is 15.4 Å². The minimum absolute atomic E-state index is 0.0107. The van der Waals surface area contributed by atoms with E-state index in [2.05, 4.69) is 47.0 Å². The van der Waals surface area contributed by atoms with Gasteiger partial charge in [0, 0.05) is 33.4 Å². The van der Waals surface area contributed by atoms with Gasteiger partial charge < -0.3 is 24.9 Å². The molecule has 2 aliphatic heterocycles. The molecule has 11 nitrogen and oxygen atoms in total.